The van der Waals surface area contributed by atoms with Crippen LogP contribution in [0, 0.1) is 11.3 Å². The van der Waals surface area contributed by atoms with Gasteiger partial charge in [0.1, 0.15) is 0 Å². The van der Waals surface area contributed by atoms with Gasteiger partial charge in [-0.25, -0.2) is 4.79 Å². The van der Waals surface area contributed by atoms with Gasteiger partial charge in [0.25, 0.3) is 0 Å². The highest BCUT2D eigenvalue weighted by atomic mass is 16.5. The van der Waals surface area contributed by atoms with Crippen LogP contribution in [0.15, 0.2) is 48.5 Å². The molecule has 0 bridgehead atoms. The number of benzene rings is 2. The number of carbonyl (C=O) groups excluding carboxylic acids is 1. The number of amides is 1. The number of hydrogen-bond donors (Lipinski definition) is 1. The van der Waals surface area contributed by atoms with Crippen molar-refractivity contribution in [2.24, 2.45) is 0 Å². The molecule has 0 heterocycles. The van der Waals surface area contributed by atoms with Crippen LogP contribution >= 0.6 is 0 Å². The van der Waals surface area contributed by atoms with Gasteiger partial charge in [-0.1, -0.05) is 43.3 Å². The molecule has 1 N–H and O–H groups in total. The Hall–Kier alpha value is -2.80. The zero-order valence-corrected chi connectivity index (χ0v) is 13.4. The smallest absolute Gasteiger partial charge is 0.407 e. The first-order chi connectivity index (χ1) is 11.1. The molecule has 0 fully saturated rings. The number of ether oxygens (including phenoxy) is 1. The zero-order chi connectivity index (χ0) is 16.7. The highest BCUT2D eigenvalue weighted by Gasteiger charge is 2.08. The SMILES string of the molecule is CCOC(=O)NCC(C)c1ccc(-c2ccc(C#N)cc2)cc1. The van der Waals surface area contributed by atoms with E-state index in [0.29, 0.717) is 18.7 Å². The van der Waals surface area contributed by atoms with Gasteiger partial charge in [-0.05, 0) is 41.7 Å². The van der Waals surface area contributed by atoms with E-state index in [9.17, 15) is 4.79 Å². The molecule has 0 saturated heterocycles. The Morgan fingerprint density at radius 2 is 1.70 bits per heavy atom. The van der Waals surface area contributed by atoms with Crippen molar-refractivity contribution in [3.8, 4) is 17.2 Å². The van der Waals surface area contributed by atoms with Crippen LogP contribution in [-0.2, 0) is 4.74 Å². The van der Waals surface area contributed by atoms with E-state index in [1.807, 2.05) is 24.3 Å². The van der Waals surface area contributed by atoms with Gasteiger partial charge in [0.05, 0.1) is 18.2 Å². The summed E-state index contributed by atoms with van der Waals surface area (Å²) >= 11 is 0. The van der Waals surface area contributed by atoms with Gasteiger partial charge in [0, 0.05) is 6.54 Å². The summed E-state index contributed by atoms with van der Waals surface area (Å²) in [6.45, 7) is 4.75. The molecule has 0 aliphatic heterocycles. The minimum absolute atomic E-state index is 0.203. The molecular formula is C19H20N2O2. The molecule has 2 aromatic carbocycles. The van der Waals surface area contributed by atoms with Crippen molar-refractivity contribution in [1.29, 1.82) is 5.26 Å². The second-order valence-electron chi connectivity index (χ2n) is 5.31. The first kappa shape index (κ1) is 16.6. The molecule has 2 aromatic rings. The highest BCUT2D eigenvalue weighted by molar-refractivity contribution is 5.67. The van der Waals surface area contributed by atoms with Gasteiger partial charge >= 0.3 is 6.09 Å². The number of nitrogens with zero attached hydrogens (tertiary/aromatic N) is 1. The Bertz CT molecular complexity index is 685. The predicted octanol–water partition coefficient (Wildman–Crippen LogP) is 4.07. The first-order valence-corrected chi connectivity index (χ1v) is 7.65. The summed E-state index contributed by atoms with van der Waals surface area (Å²) in [4.78, 5) is 11.3. The van der Waals surface area contributed by atoms with Gasteiger partial charge in [-0.2, -0.15) is 5.26 Å². The largest absolute Gasteiger partial charge is 0.450 e. The molecule has 1 atom stereocenters. The Balaban J connectivity index is 2.00. The van der Waals surface area contributed by atoms with Crippen molar-refractivity contribution in [2.75, 3.05) is 13.2 Å². The minimum Gasteiger partial charge on any atom is -0.450 e. The third kappa shape index (κ3) is 4.58. The maximum absolute atomic E-state index is 11.3. The van der Waals surface area contributed by atoms with Gasteiger partial charge in [0.15, 0.2) is 0 Å². The van der Waals surface area contributed by atoms with Crippen molar-refractivity contribution < 1.29 is 9.53 Å². The third-order valence-electron chi connectivity index (χ3n) is 3.66. The van der Waals surface area contributed by atoms with Crippen LogP contribution in [-0.4, -0.2) is 19.2 Å². The molecule has 0 saturated carbocycles. The number of hydrogen-bond acceptors (Lipinski definition) is 3. The minimum atomic E-state index is -0.381. The van der Waals surface area contributed by atoms with Crippen molar-refractivity contribution in [1.82, 2.24) is 5.32 Å². The molecule has 118 valence electrons. The summed E-state index contributed by atoms with van der Waals surface area (Å²) < 4.78 is 4.85. The lowest BCUT2D eigenvalue weighted by atomic mass is 9.97. The summed E-state index contributed by atoms with van der Waals surface area (Å²) in [6, 6.07) is 17.9. The number of nitrogens with one attached hydrogen (secondary N) is 1. The van der Waals surface area contributed by atoms with Crippen molar-refractivity contribution in [3.63, 3.8) is 0 Å². The lowest BCUT2D eigenvalue weighted by Crippen LogP contribution is -2.28. The van der Waals surface area contributed by atoms with Crippen LogP contribution in [0.2, 0.25) is 0 Å². The third-order valence-corrected chi connectivity index (χ3v) is 3.66. The molecule has 4 heteroatoms. The molecule has 0 aliphatic rings. The molecule has 0 radical (unpaired) electrons. The van der Waals surface area contributed by atoms with Gasteiger partial charge in [-0.15, -0.1) is 0 Å². The molecule has 0 aromatic heterocycles. The normalized spacial score (nSPS) is 11.3. The summed E-state index contributed by atoms with van der Waals surface area (Å²) in [5, 5.41) is 11.6. The highest BCUT2D eigenvalue weighted by Crippen LogP contribution is 2.23. The van der Waals surface area contributed by atoms with E-state index in [0.717, 1.165) is 16.7 Å². The van der Waals surface area contributed by atoms with Crippen molar-refractivity contribution in [2.45, 2.75) is 19.8 Å². The second-order valence-corrected chi connectivity index (χ2v) is 5.31. The fraction of sp³-hybridized carbons (Fsp3) is 0.263. The van der Waals surface area contributed by atoms with E-state index in [1.165, 1.54) is 0 Å². The molecule has 0 aliphatic carbocycles. The summed E-state index contributed by atoms with van der Waals surface area (Å²) in [5.41, 5.74) is 3.99. The molecule has 2 rings (SSSR count). The summed E-state index contributed by atoms with van der Waals surface area (Å²) in [7, 11) is 0. The molecule has 1 amide bonds. The monoisotopic (exact) mass is 308 g/mol. The number of nitriles is 1. The maximum Gasteiger partial charge on any atom is 0.407 e. The van der Waals surface area contributed by atoms with Crippen LogP contribution in [0.4, 0.5) is 4.79 Å². The van der Waals surface area contributed by atoms with Gasteiger partial charge in [-0.3, -0.25) is 0 Å². The molecule has 1 unspecified atom stereocenters. The number of alkyl carbamates (subject to hydrolysis) is 1. The van der Waals surface area contributed by atoms with Crippen LogP contribution in [0.5, 0.6) is 0 Å². The van der Waals surface area contributed by atoms with Crippen LogP contribution in [0.1, 0.15) is 30.9 Å². The van der Waals surface area contributed by atoms with Crippen molar-refractivity contribution >= 4 is 6.09 Å². The van der Waals surface area contributed by atoms with Gasteiger partial charge < -0.3 is 10.1 Å². The van der Waals surface area contributed by atoms with Gasteiger partial charge in [0.2, 0.25) is 0 Å². The van der Waals surface area contributed by atoms with E-state index >= 15 is 0 Å². The maximum atomic E-state index is 11.3. The van der Waals surface area contributed by atoms with E-state index in [2.05, 4.69) is 42.6 Å². The molecule has 23 heavy (non-hydrogen) atoms. The van der Waals surface area contributed by atoms with E-state index in [4.69, 9.17) is 10.00 Å². The van der Waals surface area contributed by atoms with Crippen LogP contribution in [0.25, 0.3) is 11.1 Å². The fourth-order valence-corrected chi connectivity index (χ4v) is 2.28. The number of carbonyl (C=O) groups is 1. The lowest BCUT2D eigenvalue weighted by Gasteiger charge is -2.13. The summed E-state index contributed by atoms with van der Waals surface area (Å²) in [6.07, 6.45) is -0.381. The Morgan fingerprint density at radius 3 is 2.22 bits per heavy atom. The van der Waals surface area contributed by atoms with Crippen molar-refractivity contribution in [3.05, 3.63) is 59.7 Å². The quantitative estimate of drug-likeness (QED) is 0.905. The standard InChI is InChI=1S/C19H20N2O2/c1-3-23-19(22)21-13-14(2)16-8-10-18(11-9-16)17-6-4-15(12-20)5-7-17/h4-11,14H,3,13H2,1-2H3,(H,21,22). The summed E-state index contributed by atoms with van der Waals surface area (Å²) in [5.74, 6) is 0.203. The molecular weight excluding hydrogens is 288 g/mol. The first-order valence-electron chi connectivity index (χ1n) is 7.65. The zero-order valence-electron chi connectivity index (χ0n) is 13.4. The van der Waals surface area contributed by atoms with E-state index in [1.54, 1.807) is 6.92 Å². The Kier molecular flexibility index (Phi) is 5.76. The number of rotatable bonds is 5. The average Bonchev–Trinajstić information content (AvgIpc) is 2.60. The predicted molar refractivity (Wildman–Crippen MR) is 90.0 cm³/mol. The second kappa shape index (κ2) is 8.00. The average molecular weight is 308 g/mol. The fourth-order valence-electron chi connectivity index (χ4n) is 2.28. The lowest BCUT2D eigenvalue weighted by molar-refractivity contribution is 0.151. The molecule has 4 nitrogen and oxygen atoms in total. The van der Waals surface area contributed by atoms with Crippen LogP contribution < -0.4 is 5.32 Å². The Labute approximate surface area is 136 Å². The topological polar surface area (TPSA) is 62.1 Å². The van der Waals surface area contributed by atoms with Crippen LogP contribution in [0.3, 0.4) is 0 Å². The van der Waals surface area contributed by atoms with E-state index < -0.39 is 0 Å². The Morgan fingerprint density at radius 1 is 1.13 bits per heavy atom. The molecule has 0 spiro atoms. The van der Waals surface area contributed by atoms with E-state index in [-0.39, 0.29) is 12.0 Å².